The predicted molar refractivity (Wildman–Crippen MR) is 83.1 cm³/mol. The number of hydrogen-bond donors (Lipinski definition) is 1. The normalized spacial score (nSPS) is 31.6. The molecule has 98 valence electrons. The predicted octanol–water partition coefficient (Wildman–Crippen LogP) is 4.25. The molecule has 2 aliphatic rings. The van der Waals surface area contributed by atoms with Gasteiger partial charge < -0.3 is 10.2 Å². The number of rotatable bonds is 2. The van der Waals surface area contributed by atoms with E-state index in [0.29, 0.717) is 6.04 Å². The molecule has 2 aliphatic heterocycles. The summed E-state index contributed by atoms with van der Waals surface area (Å²) in [7, 11) is 2.29. The minimum atomic E-state index is 0.621. The van der Waals surface area contributed by atoms with Gasteiger partial charge in [0.15, 0.2) is 0 Å². The fourth-order valence-electron chi connectivity index (χ4n) is 3.36. The van der Waals surface area contributed by atoms with E-state index in [1.54, 1.807) is 0 Å². The first-order valence-electron chi connectivity index (χ1n) is 6.57. The maximum atomic E-state index is 3.70. The summed E-state index contributed by atoms with van der Waals surface area (Å²) in [6.45, 7) is 0. The van der Waals surface area contributed by atoms with Gasteiger partial charge in [-0.2, -0.15) is 0 Å². The first-order chi connectivity index (χ1) is 8.63. The number of hydrogen-bond acceptors (Lipinski definition) is 2. The molecule has 0 radical (unpaired) electrons. The van der Waals surface area contributed by atoms with Crippen molar-refractivity contribution in [2.75, 3.05) is 12.4 Å². The number of piperidine rings is 1. The average molecular weight is 374 g/mol. The van der Waals surface area contributed by atoms with Gasteiger partial charge in [0, 0.05) is 32.8 Å². The molecular weight excluding hydrogens is 356 g/mol. The average Bonchev–Trinajstić information content (AvgIpc) is 2.57. The number of anilines is 1. The van der Waals surface area contributed by atoms with Crippen LogP contribution in [-0.2, 0) is 0 Å². The molecule has 1 N–H and O–H groups in total. The van der Waals surface area contributed by atoms with Gasteiger partial charge in [-0.25, -0.2) is 0 Å². The van der Waals surface area contributed by atoms with Gasteiger partial charge in [0.2, 0.25) is 0 Å². The first-order valence-corrected chi connectivity index (χ1v) is 8.15. The minimum absolute atomic E-state index is 0.621. The van der Waals surface area contributed by atoms with E-state index in [9.17, 15) is 0 Å². The lowest BCUT2D eigenvalue weighted by atomic mass is 9.98. The number of benzene rings is 1. The summed E-state index contributed by atoms with van der Waals surface area (Å²) in [5.41, 5.74) is 1.21. The van der Waals surface area contributed by atoms with E-state index in [0.717, 1.165) is 21.0 Å². The molecule has 18 heavy (non-hydrogen) atoms. The van der Waals surface area contributed by atoms with Crippen molar-refractivity contribution in [2.45, 2.75) is 43.8 Å². The summed E-state index contributed by atoms with van der Waals surface area (Å²) in [6, 6.07) is 8.54. The van der Waals surface area contributed by atoms with Crippen molar-refractivity contribution in [3.8, 4) is 0 Å². The summed E-state index contributed by atoms with van der Waals surface area (Å²) in [6.07, 6.45) is 5.30. The summed E-state index contributed by atoms with van der Waals surface area (Å²) >= 11 is 7.12. The second-order valence-corrected chi connectivity index (χ2v) is 7.26. The van der Waals surface area contributed by atoms with Crippen LogP contribution in [0.3, 0.4) is 0 Å². The van der Waals surface area contributed by atoms with Crippen LogP contribution >= 0.6 is 31.9 Å². The standard InChI is InChI=1S/C14H18Br2N2/c1-18-11-3-4-12(18)8-10(7-11)17-14-5-2-9(15)6-13(14)16/h2,5-6,10-12,17H,3-4,7-8H2,1H3. The Morgan fingerprint density at radius 3 is 2.44 bits per heavy atom. The van der Waals surface area contributed by atoms with E-state index in [2.05, 4.69) is 67.3 Å². The Morgan fingerprint density at radius 1 is 1.17 bits per heavy atom. The van der Waals surface area contributed by atoms with E-state index in [1.807, 2.05) is 0 Å². The van der Waals surface area contributed by atoms with Gasteiger partial charge in [0.1, 0.15) is 0 Å². The molecule has 0 amide bonds. The minimum Gasteiger partial charge on any atom is -0.381 e. The monoisotopic (exact) mass is 372 g/mol. The van der Waals surface area contributed by atoms with Gasteiger partial charge >= 0.3 is 0 Å². The fourth-order valence-corrected chi connectivity index (χ4v) is 4.52. The Labute approximate surface area is 125 Å². The van der Waals surface area contributed by atoms with E-state index in [4.69, 9.17) is 0 Å². The van der Waals surface area contributed by atoms with E-state index < -0.39 is 0 Å². The lowest BCUT2D eigenvalue weighted by Gasteiger charge is -2.37. The molecule has 0 saturated carbocycles. The van der Waals surface area contributed by atoms with Crippen LogP contribution in [-0.4, -0.2) is 30.1 Å². The van der Waals surface area contributed by atoms with Crippen LogP contribution in [0, 0.1) is 0 Å². The maximum absolute atomic E-state index is 3.70. The highest BCUT2D eigenvalue weighted by Gasteiger charge is 2.38. The third-order valence-corrected chi connectivity index (χ3v) is 5.54. The third-order valence-electron chi connectivity index (χ3n) is 4.39. The van der Waals surface area contributed by atoms with E-state index >= 15 is 0 Å². The molecule has 2 bridgehead atoms. The topological polar surface area (TPSA) is 15.3 Å². The van der Waals surface area contributed by atoms with Gasteiger partial charge in [-0.15, -0.1) is 0 Å². The van der Waals surface area contributed by atoms with Gasteiger partial charge in [0.25, 0.3) is 0 Å². The van der Waals surface area contributed by atoms with Crippen molar-refractivity contribution in [1.82, 2.24) is 4.90 Å². The zero-order valence-electron chi connectivity index (χ0n) is 10.5. The van der Waals surface area contributed by atoms with Gasteiger partial charge in [-0.05, 0) is 66.9 Å². The summed E-state index contributed by atoms with van der Waals surface area (Å²) < 4.78 is 2.26. The number of fused-ring (bicyclic) bond motifs is 2. The molecule has 1 aromatic rings. The van der Waals surface area contributed by atoms with Gasteiger partial charge in [-0.1, -0.05) is 15.9 Å². The van der Waals surface area contributed by atoms with Crippen molar-refractivity contribution in [3.05, 3.63) is 27.1 Å². The molecule has 1 aromatic carbocycles. The van der Waals surface area contributed by atoms with E-state index in [-0.39, 0.29) is 0 Å². The SMILES string of the molecule is CN1C2CCC1CC(Nc1ccc(Br)cc1Br)C2. The first kappa shape index (κ1) is 12.9. The molecule has 4 heteroatoms. The van der Waals surface area contributed by atoms with Crippen LogP contribution < -0.4 is 5.32 Å². The van der Waals surface area contributed by atoms with Gasteiger partial charge in [-0.3, -0.25) is 0 Å². The molecular formula is C14H18Br2N2. The van der Waals surface area contributed by atoms with Crippen molar-refractivity contribution in [1.29, 1.82) is 0 Å². The number of nitrogens with zero attached hydrogens (tertiary/aromatic N) is 1. The van der Waals surface area contributed by atoms with Crippen LogP contribution in [0.1, 0.15) is 25.7 Å². The fraction of sp³-hybridized carbons (Fsp3) is 0.571. The van der Waals surface area contributed by atoms with Crippen LogP contribution in [0.15, 0.2) is 27.1 Å². The Balaban J connectivity index is 1.70. The smallest absolute Gasteiger partial charge is 0.0487 e. The Kier molecular flexibility index (Phi) is 3.70. The van der Waals surface area contributed by atoms with Crippen molar-refractivity contribution in [3.63, 3.8) is 0 Å². The Hall–Kier alpha value is -0.0600. The highest BCUT2D eigenvalue weighted by molar-refractivity contribution is 9.11. The number of halogens is 2. The lowest BCUT2D eigenvalue weighted by Crippen LogP contribution is -2.44. The summed E-state index contributed by atoms with van der Waals surface area (Å²) in [5, 5.41) is 3.70. The van der Waals surface area contributed by atoms with E-state index in [1.165, 1.54) is 31.4 Å². The Bertz CT molecular complexity index is 435. The van der Waals surface area contributed by atoms with Crippen LogP contribution in [0.4, 0.5) is 5.69 Å². The Morgan fingerprint density at radius 2 is 1.83 bits per heavy atom. The van der Waals surface area contributed by atoms with Crippen LogP contribution in [0.25, 0.3) is 0 Å². The molecule has 3 rings (SSSR count). The largest absolute Gasteiger partial charge is 0.381 e. The molecule has 2 atom stereocenters. The quantitative estimate of drug-likeness (QED) is 0.833. The molecule has 0 spiro atoms. The molecule has 0 aliphatic carbocycles. The molecule has 2 saturated heterocycles. The van der Waals surface area contributed by atoms with Crippen molar-refractivity contribution < 1.29 is 0 Å². The summed E-state index contributed by atoms with van der Waals surface area (Å²) in [5.74, 6) is 0. The zero-order chi connectivity index (χ0) is 12.7. The highest BCUT2D eigenvalue weighted by Crippen LogP contribution is 2.36. The van der Waals surface area contributed by atoms with Crippen molar-refractivity contribution >= 4 is 37.5 Å². The number of nitrogens with one attached hydrogen (secondary N) is 1. The second-order valence-electron chi connectivity index (χ2n) is 5.49. The summed E-state index contributed by atoms with van der Waals surface area (Å²) in [4.78, 5) is 2.58. The molecule has 2 heterocycles. The zero-order valence-corrected chi connectivity index (χ0v) is 13.7. The second kappa shape index (κ2) is 5.14. The molecule has 0 aromatic heterocycles. The molecule has 2 unspecified atom stereocenters. The van der Waals surface area contributed by atoms with Gasteiger partial charge in [0.05, 0.1) is 0 Å². The van der Waals surface area contributed by atoms with Crippen LogP contribution in [0.2, 0.25) is 0 Å². The maximum Gasteiger partial charge on any atom is 0.0487 e. The van der Waals surface area contributed by atoms with Crippen molar-refractivity contribution in [2.24, 2.45) is 0 Å². The van der Waals surface area contributed by atoms with Crippen LogP contribution in [0.5, 0.6) is 0 Å². The lowest BCUT2D eigenvalue weighted by molar-refractivity contribution is 0.169. The third kappa shape index (κ3) is 2.47. The highest BCUT2D eigenvalue weighted by atomic mass is 79.9. The molecule has 2 nitrogen and oxygen atoms in total. The molecule has 2 fully saturated rings.